The third-order valence-electron chi connectivity index (χ3n) is 4.59. The van der Waals surface area contributed by atoms with E-state index in [9.17, 15) is 4.79 Å². The maximum absolute atomic E-state index is 12.7. The van der Waals surface area contributed by atoms with Crippen LogP contribution in [0.2, 0.25) is 5.02 Å². The van der Waals surface area contributed by atoms with Gasteiger partial charge in [0.05, 0.1) is 0 Å². The van der Waals surface area contributed by atoms with Crippen LogP contribution in [0.3, 0.4) is 0 Å². The molecule has 6 nitrogen and oxygen atoms in total. The molecule has 0 atom stereocenters. The van der Waals surface area contributed by atoms with Crippen molar-refractivity contribution in [2.45, 2.75) is 13.3 Å². The van der Waals surface area contributed by atoms with Gasteiger partial charge in [0.25, 0.3) is 5.91 Å². The minimum atomic E-state index is -0.0242. The van der Waals surface area contributed by atoms with Gasteiger partial charge in [0.1, 0.15) is 5.69 Å². The normalized spacial score (nSPS) is 15.1. The average Bonchev–Trinajstić information content (AvgIpc) is 2.69. The van der Waals surface area contributed by atoms with Crippen LogP contribution in [0.1, 0.15) is 23.0 Å². The van der Waals surface area contributed by atoms with Gasteiger partial charge in [-0.15, -0.1) is 0 Å². The Morgan fingerprint density at radius 3 is 2.58 bits per heavy atom. The molecule has 0 unspecified atom stereocenters. The monoisotopic (exact) mass is 373 g/mol. The number of hydrogen-bond acceptors (Lipinski definition) is 5. The molecule has 1 aromatic heterocycles. The topological polar surface area (TPSA) is 61.4 Å². The van der Waals surface area contributed by atoms with Crippen molar-refractivity contribution in [3.05, 3.63) is 52.8 Å². The number of anilines is 1. The number of carbonyl (C=O) groups is 1. The molecule has 0 bridgehead atoms. The van der Waals surface area contributed by atoms with E-state index in [0.717, 1.165) is 44.2 Å². The van der Waals surface area contributed by atoms with Gasteiger partial charge in [-0.25, -0.2) is 9.97 Å². The van der Waals surface area contributed by atoms with Gasteiger partial charge in [0.2, 0.25) is 5.95 Å². The van der Waals surface area contributed by atoms with Crippen LogP contribution in [0, 0.1) is 0 Å². The number of nitrogens with zero attached hydrogens (tertiary/aromatic N) is 4. The Hall–Kier alpha value is -2.18. The van der Waals surface area contributed by atoms with Gasteiger partial charge in [-0.05, 0) is 36.7 Å². The minimum Gasteiger partial charge on any atom is -0.354 e. The van der Waals surface area contributed by atoms with Gasteiger partial charge in [-0.1, -0.05) is 30.7 Å². The number of rotatable bonds is 6. The van der Waals surface area contributed by atoms with Gasteiger partial charge in [0.15, 0.2) is 0 Å². The highest BCUT2D eigenvalue weighted by Gasteiger charge is 2.22. The first-order chi connectivity index (χ1) is 12.7. The summed E-state index contributed by atoms with van der Waals surface area (Å²) in [6.45, 7) is 7.18. The van der Waals surface area contributed by atoms with E-state index >= 15 is 0 Å². The zero-order valence-corrected chi connectivity index (χ0v) is 15.7. The molecule has 0 spiro atoms. The summed E-state index contributed by atoms with van der Waals surface area (Å²) in [7, 11) is 0. The van der Waals surface area contributed by atoms with Crippen molar-refractivity contribution in [1.82, 2.24) is 19.8 Å². The molecule has 0 saturated carbocycles. The Morgan fingerprint density at radius 1 is 1.15 bits per heavy atom. The zero-order valence-electron chi connectivity index (χ0n) is 15.0. The molecule has 138 valence electrons. The number of amides is 1. The summed E-state index contributed by atoms with van der Waals surface area (Å²) >= 11 is 5.89. The first-order valence-electron chi connectivity index (χ1n) is 8.98. The van der Waals surface area contributed by atoms with Crippen LogP contribution in [-0.4, -0.2) is 64.9 Å². The summed E-state index contributed by atoms with van der Waals surface area (Å²) in [5, 5.41) is 3.92. The SMILES string of the molecule is CCN1CCN(C(=O)c2ccnc(NCCc3ccc(Cl)cc3)n2)CC1. The van der Waals surface area contributed by atoms with Crippen molar-refractivity contribution in [1.29, 1.82) is 0 Å². The van der Waals surface area contributed by atoms with E-state index in [2.05, 4.69) is 27.1 Å². The summed E-state index contributed by atoms with van der Waals surface area (Å²) in [5.74, 6) is 0.459. The molecular weight excluding hydrogens is 350 g/mol. The Kier molecular flexibility index (Phi) is 6.41. The van der Waals surface area contributed by atoms with E-state index < -0.39 is 0 Å². The first-order valence-corrected chi connectivity index (χ1v) is 9.36. The molecular formula is C19H24ClN5O. The Labute approximate surface area is 159 Å². The number of carbonyl (C=O) groups excluding carboxylic acids is 1. The second kappa shape index (κ2) is 8.96. The quantitative estimate of drug-likeness (QED) is 0.843. The van der Waals surface area contributed by atoms with Crippen LogP contribution in [0.25, 0.3) is 0 Å². The fourth-order valence-electron chi connectivity index (χ4n) is 2.96. The Bertz CT molecular complexity index is 729. The lowest BCUT2D eigenvalue weighted by molar-refractivity contribution is 0.0637. The lowest BCUT2D eigenvalue weighted by Crippen LogP contribution is -2.48. The van der Waals surface area contributed by atoms with Crippen LogP contribution in [0.4, 0.5) is 5.95 Å². The average molecular weight is 374 g/mol. The number of hydrogen-bond donors (Lipinski definition) is 1. The van der Waals surface area contributed by atoms with Gasteiger partial charge < -0.3 is 15.1 Å². The van der Waals surface area contributed by atoms with Gasteiger partial charge >= 0.3 is 0 Å². The molecule has 1 aliphatic heterocycles. The predicted molar refractivity (Wildman–Crippen MR) is 104 cm³/mol. The largest absolute Gasteiger partial charge is 0.354 e. The van der Waals surface area contributed by atoms with E-state index in [-0.39, 0.29) is 5.91 Å². The molecule has 1 aromatic carbocycles. The highest BCUT2D eigenvalue weighted by molar-refractivity contribution is 6.30. The van der Waals surface area contributed by atoms with E-state index in [4.69, 9.17) is 11.6 Å². The van der Waals surface area contributed by atoms with Crippen molar-refractivity contribution in [2.24, 2.45) is 0 Å². The van der Waals surface area contributed by atoms with Crippen molar-refractivity contribution < 1.29 is 4.79 Å². The Balaban J connectivity index is 1.54. The highest BCUT2D eigenvalue weighted by Crippen LogP contribution is 2.11. The van der Waals surface area contributed by atoms with E-state index in [1.807, 2.05) is 29.2 Å². The molecule has 26 heavy (non-hydrogen) atoms. The van der Waals surface area contributed by atoms with Crippen LogP contribution in [0.15, 0.2) is 36.5 Å². The van der Waals surface area contributed by atoms with Crippen molar-refractivity contribution in [2.75, 3.05) is 44.6 Å². The van der Waals surface area contributed by atoms with Crippen molar-refractivity contribution in [3.8, 4) is 0 Å². The summed E-state index contributed by atoms with van der Waals surface area (Å²) in [6, 6.07) is 9.44. The number of benzene rings is 1. The zero-order chi connectivity index (χ0) is 18.4. The second-order valence-corrected chi connectivity index (χ2v) is 6.73. The summed E-state index contributed by atoms with van der Waals surface area (Å²) in [6.07, 6.45) is 2.46. The van der Waals surface area contributed by atoms with E-state index in [1.54, 1.807) is 12.3 Å². The molecule has 0 radical (unpaired) electrons. The first kappa shape index (κ1) is 18.6. The number of nitrogens with one attached hydrogen (secondary N) is 1. The standard InChI is InChI=1S/C19H24ClN5O/c1-2-24-11-13-25(14-12-24)18(26)17-8-10-22-19(23-17)21-9-7-15-3-5-16(20)6-4-15/h3-6,8,10H,2,7,9,11-14H2,1H3,(H,21,22,23). The minimum absolute atomic E-state index is 0.0242. The Morgan fingerprint density at radius 2 is 1.88 bits per heavy atom. The summed E-state index contributed by atoms with van der Waals surface area (Å²) in [5.41, 5.74) is 1.63. The van der Waals surface area contributed by atoms with E-state index in [0.29, 0.717) is 18.2 Å². The molecule has 1 fully saturated rings. The van der Waals surface area contributed by atoms with E-state index in [1.165, 1.54) is 5.56 Å². The smallest absolute Gasteiger partial charge is 0.272 e. The van der Waals surface area contributed by atoms with Crippen LogP contribution < -0.4 is 5.32 Å². The maximum atomic E-state index is 12.7. The predicted octanol–water partition coefficient (Wildman–Crippen LogP) is 2.56. The van der Waals surface area contributed by atoms with Crippen LogP contribution >= 0.6 is 11.6 Å². The van der Waals surface area contributed by atoms with Crippen molar-refractivity contribution in [3.63, 3.8) is 0 Å². The molecule has 2 heterocycles. The van der Waals surface area contributed by atoms with Crippen LogP contribution in [-0.2, 0) is 6.42 Å². The maximum Gasteiger partial charge on any atom is 0.272 e. The number of likely N-dealkylation sites (N-methyl/N-ethyl adjacent to an activating group) is 1. The van der Waals surface area contributed by atoms with Gasteiger partial charge in [-0.3, -0.25) is 4.79 Å². The number of halogens is 1. The fraction of sp³-hybridized carbons (Fsp3) is 0.421. The van der Waals surface area contributed by atoms with Crippen LogP contribution in [0.5, 0.6) is 0 Å². The fourth-order valence-corrected chi connectivity index (χ4v) is 3.09. The lowest BCUT2D eigenvalue weighted by Gasteiger charge is -2.33. The van der Waals surface area contributed by atoms with Crippen molar-refractivity contribution >= 4 is 23.5 Å². The number of aromatic nitrogens is 2. The third-order valence-corrected chi connectivity index (χ3v) is 4.84. The molecule has 1 N–H and O–H groups in total. The van der Waals surface area contributed by atoms with Gasteiger partial charge in [-0.2, -0.15) is 0 Å². The molecule has 2 aromatic rings. The van der Waals surface area contributed by atoms with Gasteiger partial charge in [0, 0.05) is 43.9 Å². The summed E-state index contributed by atoms with van der Waals surface area (Å²) in [4.78, 5) is 25.5. The molecule has 0 aliphatic carbocycles. The molecule has 7 heteroatoms. The molecule has 3 rings (SSSR count). The molecule has 1 saturated heterocycles. The molecule has 1 amide bonds. The molecule has 1 aliphatic rings. The third kappa shape index (κ3) is 4.93. The highest BCUT2D eigenvalue weighted by atomic mass is 35.5. The summed E-state index contributed by atoms with van der Waals surface area (Å²) < 4.78 is 0. The number of piperazine rings is 1. The second-order valence-electron chi connectivity index (χ2n) is 6.30. The lowest BCUT2D eigenvalue weighted by atomic mass is 10.1.